The highest BCUT2D eigenvalue weighted by atomic mass is 19.1. The third kappa shape index (κ3) is 1.64. The molecule has 0 unspecified atom stereocenters. The Hall–Kier alpha value is -1.19. The molecule has 0 amide bonds. The maximum absolute atomic E-state index is 12.7. The predicted octanol–water partition coefficient (Wildman–Crippen LogP) is 0.217. The van der Waals surface area contributed by atoms with E-state index in [2.05, 4.69) is 4.98 Å². The minimum atomic E-state index is -0.633. The minimum Gasteiger partial charge on any atom is -0.293 e. The largest absolute Gasteiger partial charge is 0.293 e. The third-order valence-electron chi connectivity index (χ3n) is 1.20. The minimum absolute atomic E-state index is 0.150. The zero-order valence-corrected chi connectivity index (χ0v) is 5.97. The number of hydrogen-bond acceptors (Lipinski definition) is 2. The van der Waals surface area contributed by atoms with Crippen LogP contribution in [0.1, 0.15) is 17.4 Å². The molecule has 2 nitrogen and oxygen atoms in total. The normalized spacial score (nSPS) is 9.64. The molecule has 0 saturated carbocycles. The van der Waals surface area contributed by atoms with Crippen molar-refractivity contribution in [1.82, 2.24) is 4.98 Å². The molecule has 1 aromatic rings. The molecule has 1 heterocycles. The molecule has 0 saturated heterocycles. The summed E-state index contributed by atoms with van der Waals surface area (Å²) in [6.45, 7) is 1.24. The first-order chi connectivity index (χ1) is 5.11. The fourth-order valence-electron chi connectivity index (χ4n) is 0.704. The number of rotatable bonds is 1. The maximum Gasteiger partial charge on any atom is 0.181 e. The van der Waals surface area contributed by atoms with Gasteiger partial charge in [0.2, 0.25) is 0 Å². The molecule has 0 aromatic carbocycles. The summed E-state index contributed by atoms with van der Waals surface area (Å²) in [7, 11) is 5.24. The Morgan fingerprint density at radius 1 is 1.64 bits per heavy atom. The lowest BCUT2D eigenvalue weighted by molar-refractivity contribution is 0.100. The van der Waals surface area contributed by atoms with Gasteiger partial charge in [-0.3, -0.25) is 9.78 Å². The molecule has 1 rings (SSSR count). The number of aromatic nitrogens is 1. The summed E-state index contributed by atoms with van der Waals surface area (Å²) < 4.78 is 12.7. The van der Waals surface area contributed by atoms with Crippen LogP contribution in [0.25, 0.3) is 0 Å². The zero-order valence-electron chi connectivity index (χ0n) is 5.97. The van der Waals surface area contributed by atoms with Gasteiger partial charge in [-0.25, -0.2) is 4.39 Å². The Morgan fingerprint density at radius 3 is 2.73 bits per heavy atom. The summed E-state index contributed by atoms with van der Waals surface area (Å²) in [5.74, 6) is -1.05. The number of ketones is 1. The number of carbonyl (C=O) groups is 1. The van der Waals surface area contributed by atoms with Gasteiger partial charge in [-0.2, -0.15) is 0 Å². The van der Waals surface area contributed by atoms with E-state index in [1.54, 1.807) is 0 Å². The molecule has 0 atom stereocenters. The van der Waals surface area contributed by atoms with Gasteiger partial charge in [-0.05, 0) is 17.7 Å². The smallest absolute Gasteiger partial charge is 0.181 e. The molecule has 0 aliphatic carbocycles. The van der Waals surface area contributed by atoms with Crippen LogP contribution in [0.2, 0.25) is 0 Å². The van der Waals surface area contributed by atoms with E-state index in [-0.39, 0.29) is 11.3 Å². The second-order valence-electron chi connectivity index (χ2n) is 2.12. The molecule has 4 heteroatoms. The lowest BCUT2D eigenvalue weighted by Gasteiger charge is -1.97. The van der Waals surface area contributed by atoms with E-state index in [1.807, 2.05) is 0 Å². The van der Waals surface area contributed by atoms with E-state index in [9.17, 15) is 9.18 Å². The van der Waals surface area contributed by atoms with E-state index in [4.69, 9.17) is 7.85 Å². The molecule has 2 radical (unpaired) electrons. The first-order valence-electron chi connectivity index (χ1n) is 3.04. The van der Waals surface area contributed by atoms with Gasteiger partial charge < -0.3 is 0 Å². The second-order valence-corrected chi connectivity index (χ2v) is 2.12. The molecule has 0 N–H and O–H groups in total. The van der Waals surface area contributed by atoms with E-state index >= 15 is 0 Å². The number of nitrogens with zero attached hydrogens (tertiary/aromatic N) is 1. The van der Waals surface area contributed by atoms with Crippen molar-refractivity contribution in [3.05, 3.63) is 23.6 Å². The highest BCUT2D eigenvalue weighted by molar-refractivity contribution is 6.30. The van der Waals surface area contributed by atoms with Crippen LogP contribution in [0.5, 0.6) is 0 Å². The number of pyridine rings is 1. The van der Waals surface area contributed by atoms with Crippen molar-refractivity contribution in [3.63, 3.8) is 0 Å². The molecule has 0 fully saturated rings. The van der Waals surface area contributed by atoms with E-state index in [0.29, 0.717) is 0 Å². The van der Waals surface area contributed by atoms with Crippen LogP contribution in [0, 0.1) is 5.82 Å². The Morgan fingerprint density at radius 2 is 2.27 bits per heavy atom. The Labute approximate surface area is 64.9 Å². The SMILES string of the molecule is [B]c1ccc(F)c(C(C)=O)n1. The van der Waals surface area contributed by atoms with Gasteiger partial charge in [0.15, 0.2) is 11.6 Å². The number of halogens is 1. The second kappa shape index (κ2) is 2.82. The van der Waals surface area contributed by atoms with Crippen molar-refractivity contribution >= 4 is 19.2 Å². The van der Waals surface area contributed by atoms with Gasteiger partial charge in [-0.15, -0.1) is 0 Å². The summed E-state index contributed by atoms with van der Waals surface area (Å²) in [6, 6.07) is 2.43. The van der Waals surface area contributed by atoms with Crippen LogP contribution in [0.15, 0.2) is 12.1 Å². The van der Waals surface area contributed by atoms with Crippen molar-refractivity contribution in [3.8, 4) is 0 Å². The van der Waals surface area contributed by atoms with Gasteiger partial charge in [0, 0.05) is 6.92 Å². The molecule has 54 valence electrons. The van der Waals surface area contributed by atoms with Gasteiger partial charge in [0.25, 0.3) is 0 Å². The summed E-state index contributed by atoms with van der Waals surface area (Å²) >= 11 is 0. The molecular formula is C7H5BFNO. The molecule has 1 aromatic heterocycles. The molecule has 0 spiro atoms. The van der Waals surface area contributed by atoms with Crippen LogP contribution in [0.4, 0.5) is 4.39 Å². The Bertz CT molecular complexity index is 300. The lowest BCUT2D eigenvalue weighted by atomic mass is 10.0. The van der Waals surface area contributed by atoms with Gasteiger partial charge >= 0.3 is 0 Å². The fraction of sp³-hybridized carbons (Fsp3) is 0.143. The fourth-order valence-corrected chi connectivity index (χ4v) is 0.704. The van der Waals surface area contributed by atoms with Gasteiger partial charge in [0.1, 0.15) is 13.5 Å². The molecule has 11 heavy (non-hydrogen) atoms. The molecule has 0 aliphatic rings. The van der Waals surface area contributed by atoms with Crippen molar-refractivity contribution in [2.45, 2.75) is 6.92 Å². The number of hydrogen-bond donors (Lipinski definition) is 0. The van der Waals surface area contributed by atoms with Gasteiger partial charge in [-0.1, -0.05) is 0 Å². The van der Waals surface area contributed by atoms with Crippen molar-refractivity contribution in [1.29, 1.82) is 0 Å². The summed E-state index contributed by atoms with van der Waals surface area (Å²) in [6.07, 6.45) is 0. The summed E-state index contributed by atoms with van der Waals surface area (Å²) in [4.78, 5) is 14.2. The number of Topliss-reactive ketones (excluding diaryl/α,β-unsaturated/α-hetero) is 1. The summed E-state index contributed by atoms with van der Waals surface area (Å²) in [5, 5.41) is 0. The Balaban J connectivity index is 3.23. The average molecular weight is 149 g/mol. The number of carbonyl (C=O) groups excluding carboxylic acids is 1. The van der Waals surface area contributed by atoms with Crippen LogP contribution >= 0.6 is 0 Å². The third-order valence-corrected chi connectivity index (χ3v) is 1.20. The van der Waals surface area contributed by atoms with Crippen molar-refractivity contribution < 1.29 is 9.18 Å². The first-order valence-corrected chi connectivity index (χ1v) is 3.04. The highest BCUT2D eigenvalue weighted by Crippen LogP contribution is 2.00. The lowest BCUT2D eigenvalue weighted by Crippen LogP contribution is -2.14. The molecular weight excluding hydrogens is 144 g/mol. The van der Waals surface area contributed by atoms with E-state index < -0.39 is 11.6 Å². The molecule has 0 bridgehead atoms. The van der Waals surface area contributed by atoms with Crippen LogP contribution in [-0.4, -0.2) is 18.6 Å². The Kier molecular flexibility index (Phi) is 2.03. The van der Waals surface area contributed by atoms with Crippen molar-refractivity contribution in [2.75, 3.05) is 0 Å². The van der Waals surface area contributed by atoms with Crippen molar-refractivity contribution in [2.24, 2.45) is 0 Å². The average Bonchev–Trinajstić information content (AvgIpc) is 1.94. The first kappa shape index (κ1) is 7.92. The highest BCUT2D eigenvalue weighted by Gasteiger charge is 2.07. The quantitative estimate of drug-likeness (QED) is 0.422. The maximum atomic E-state index is 12.7. The standard InChI is InChI=1S/C7H5BFNO/c1-4(11)7-5(9)2-3-6(8)10-7/h2-3H,1H3. The van der Waals surface area contributed by atoms with E-state index in [1.165, 1.54) is 13.0 Å². The van der Waals surface area contributed by atoms with Crippen LogP contribution < -0.4 is 5.59 Å². The molecule has 0 aliphatic heterocycles. The van der Waals surface area contributed by atoms with E-state index in [0.717, 1.165) is 6.07 Å². The topological polar surface area (TPSA) is 30.0 Å². The zero-order chi connectivity index (χ0) is 8.43. The van der Waals surface area contributed by atoms with Gasteiger partial charge in [0.05, 0.1) is 0 Å². The predicted molar refractivity (Wildman–Crippen MR) is 39.6 cm³/mol. The van der Waals surface area contributed by atoms with Crippen LogP contribution in [0.3, 0.4) is 0 Å². The summed E-state index contributed by atoms with van der Waals surface area (Å²) in [5.41, 5.74) is -0.0541. The monoisotopic (exact) mass is 149 g/mol. The van der Waals surface area contributed by atoms with Crippen LogP contribution in [-0.2, 0) is 0 Å².